The number of rotatable bonds is 3. The fraction of sp³-hybridized carbons (Fsp3) is 0.438. The Morgan fingerprint density at radius 1 is 1.32 bits per heavy atom. The van der Waals surface area contributed by atoms with Gasteiger partial charge in [-0.15, -0.1) is 0 Å². The number of carbonyl (C=O) groups is 1. The van der Waals surface area contributed by atoms with Crippen LogP contribution in [0.1, 0.15) is 41.4 Å². The molecule has 0 bridgehead atoms. The van der Waals surface area contributed by atoms with Gasteiger partial charge in [0.25, 0.3) is 5.91 Å². The van der Waals surface area contributed by atoms with Gasteiger partial charge in [-0.3, -0.25) is 4.79 Å². The highest BCUT2D eigenvalue weighted by Gasteiger charge is 2.30. The van der Waals surface area contributed by atoms with Crippen LogP contribution in [-0.4, -0.2) is 40.1 Å². The van der Waals surface area contributed by atoms with Crippen LogP contribution >= 0.6 is 0 Å². The van der Waals surface area contributed by atoms with Gasteiger partial charge in [0, 0.05) is 36.2 Å². The van der Waals surface area contributed by atoms with Crippen molar-refractivity contribution in [1.82, 2.24) is 15.0 Å². The lowest BCUT2D eigenvalue weighted by Gasteiger charge is -2.15. The smallest absolute Gasteiger partial charge is 0.253 e. The quantitative estimate of drug-likeness (QED) is 0.933. The van der Waals surface area contributed by atoms with E-state index in [9.17, 15) is 4.79 Å². The first-order valence-corrected chi connectivity index (χ1v) is 7.69. The molecule has 1 saturated heterocycles. The Labute approximate surface area is 128 Å². The summed E-state index contributed by atoms with van der Waals surface area (Å²) in [5.41, 5.74) is 7.33. The predicted molar refractivity (Wildman–Crippen MR) is 80.2 cm³/mol. The molecule has 2 aliphatic rings. The molecule has 2 fully saturated rings. The topological polar surface area (TPSA) is 85.2 Å². The number of hydrogen-bond donors (Lipinski definition) is 1. The molecule has 0 spiro atoms. The summed E-state index contributed by atoms with van der Waals surface area (Å²) >= 11 is 0. The standard InChI is InChI=1S/C16H18N4O2/c17-13-6-7-20(9-13)16(21)12-3-1-2-11(8-12)14-18-15(22-19-14)10-4-5-10/h1-3,8,10,13H,4-7,9,17H2/t13-/m0/s1. The Bertz CT molecular complexity index is 708. The monoisotopic (exact) mass is 298 g/mol. The van der Waals surface area contributed by atoms with Crippen LogP contribution in [0.15, 0.2) is 28.8 Å². The van der Waals surface area contributed by atoms with Crippen molar-refractivity contribution in [3.8, 4) is 11.4 Å². The van der Waals surface area contributed by atoms with Gasteiger partial charge in [-0.1, -0.05) is 17.3 Å². The van der Waals surface area contributed by atoms with Gasteiger partial charge in [0.15, 0.2) is 0 Å². The summed E-state index contributed by atoms with van der Waals surface area (Å²) in [5.74, 6) is 1.70. The summed E-state index contributed by atoms with van der Waals surface area (Å²) in [4.78, 5) is 18.7. The number of hydrogen-bond acceptors (Lipinski definition) is 5. The summed E-state index contributed by atoms with van der Waals surface area (Å²) in [7, 11) is 0. The molecule has 4 rings (SSSR count). The molecule has 1 aliphatic carbocycles. The summed E-state index contributed by atoms with van der Waals surface area (Å²) in [6.45, 7) is 1.34. The van der Waals surface area contributed by atoms with Gasteiger partial charge in [0.05, 0.1) is 0 Å². The molecule has 0 unspecified atom stereocenters. The highest BCUT2D eigenvalue weighted by Crippen LogP contribution is 2.39. The van der Waals surface area contributed by atoms with Crippen molar-refractivity contribution < 1.29 is 9.32 Å². The SMILES string of the molecule is N[C@H]1CCN(C(=O)c2cccc(-c3noc(C4CC4)n3)c2)C1. The number of likely N-dealkylation sites (tertiary alicyclic amines) is 1. The molecule has 6 nitrogen and oxygen atoms in total. The average molecular weight is 298 g/mol. The van der Waals surface area contributed by atoms with Gasteiger partial charge >= 0.3 is 0 Å². The zero-order valence-corrected chi connectivity index (χ0v) is 12.2. The maximum Gasteiger partial charge on any atom is 0.253 e. The molecule has 1 aromatic carbocycles. The van der Waals surface area contributed by atoms with E-state index in [4.69, 9.17) is 10.3 Å². The summed E-state index contributed by atoms with van der Waals surface area (Å²) in [5, 5.41) is 4.03. The normalized spacial score (nSPS) is 21.3. The van der Waals surface area contributed by atoms with E-state index in [1.807, 2.05) is 24.3 Å². The zero-order chi connectivity index (χ0) is 15.1. The number of nitrogens with zero attached hydrogens (tertiary/aromatic N) is 3. The van der Waals surface area contributed by atoms with Crippen molar-refractivity contribution in [2.75, 3.05) is 13.1 Å². The molecule has 22 heavy (non-hydrogen) atoms. The minimum absolute atomic E-state index is 0.0145. The van der Waals surface area contributed by atoms with Crippen molar-refractivity contribution in [1.29, 1.82) is 0 Å². The fourth-order valence-electron chi connectivity index (χ4n) is 2.79. The molecule has 1 saturated carbocycles. The van der Waals surface area contributed by atoms with Crippen LogP contribution in [0.25, 0.3) is 11.4 Å². The average Bonchev–Trinajstić information content (AvgIpc) is 3.10. The lowest BCUT2D eigenvalue weighted by Crippen LogP contribution is -2.31. The van der Waals surface area contributed by atoms with E-state index in [0.717, 1.165) is 31.4 Å². The molecule has 0 radical (unpaired) electrons. The molecule has 2 aromatic rings. The molecule has 1 aromatic heterocycles. The van der Waals surface area contributed by atoms with Crippen LogP contribution < -0.4 is 5.73 Å². The van der Waals surface area contributed by atoms with Crippen LogP contribution in [0.3, 0.4) is 0 Å². The van der Waals surface area contributed by atoms with Gasteiger partial charge in [-0.2, -0.15) is 4.98 Å². The summed E-state index contributed by atoms with van der Waals surface area (Å²) < 4.78 is 5.28. The fourth-order valence-corrected chi connectivity index (χ4v) is 2.79. The minimum atomic E-state index is 0.0145. The number of aromatic nitrogens is 2. The van der Waals surface area contributed by atoms with Crippen molar-refractivity contribution >= 4 is 5.91 Å². The van der Waals surface area contributed by atoms with E-state index >= 15 is 0 Å². The Morgan fingerprint density at radius 2 is 2.18 bits per heavy atom. The highest BCUT2D eigenvalue weighted by molar-refractivity contribution is 5.95. The van der Waals surface area contributed by atoms with Crippen molar-refractivity contribution in [3.05, 3.63) is 35.7 Å². The molecule has 2 heterocycles. The molecule has 2 N–H and O–H groups in total. The first-order valence-electron chi connectivity index (χ1n) is 7.69. The van der Waals surface area contributed by atoms with E-state index in [-0.39, 0.29) is 11.9 Å². The molecule has 1 amide bonds. The van der Waals surface area contributed by atoms with Crippen LogP contribution in [-0.2, 0) is 0 Å². The van der Waals surface area contributed by atoms with E-state index in [2.05, 4.69) is 10.1 Å². The molecule has 1 atom stereocenters. The van der Waals surface area contributed by atoms with Crippen LogP contribution in [0.2, 0.25) is 0 Å². The van der Waals surface area contributed by atoms with Gasteiger partial charge in [-0.25, -0.2) is 0 Å². The highest BCUT2D eigenvalue weighted by atomic mass is 16.5. The van der Waals surface area contributed by atoms with Gasteiger partial charge in [0.2, 0.25) is 11.7 Å². The lowest BCUT2D eigenvalue weighted by atomic mass is 10.1. The number of amides is 1. The summed E-state index contributed by atoms with van der Waals surface area (Å²) in [6, 6.07) is 7.48. The van der Waals surface area contributed by atoms with Crippen LogP contribution in [0.4, 0.5) is 0 Å². The number of carbonyl (C=O) groups excluding carboxylic acids is 1. The molecule has 1 aliphatic heterocycles. The number of benzene rings is 1. The minimum Gasteiger partial charge on any atom is -0.339 e. The van der Waals surface area contributed by atoms with Crippen LogP contribution in [0.5, 0.6) is 0 Å². The van der Waals surface area contributed by atoms with Gasteiger partial charge < -0.3 is 15.2 Å². The second-order valence-electron chi connectivity index (χ2n) is 6.11. The van der Waals surface area contributed by atoms with Crippen molar-refractivity contribution in [3.63, 3.8) is 0 Å². The third-order valence-electron chi connectivity index (χ3n) is 4.25. The third kappa shape index (κ3) is 2.50. The Hall–Kier alpha value is -2.21. The van der Waals surface area contributed by atoms with Crippen molar-refractivity contribution in [2.24, 2.45) is 5.73 Å². The van der Waals surface area contributed by atoms with Gasteiger partial charge in [-0.05, 0) is 31.4 Å². The molecule has 114 valence electrons. The number of nitrogens with two attached hydrogens (primary N) is 1. The second-order valence-corrected chi connectivity index (χ2v) is 6.11. The molecular weight excluding hydrogens is 280 g/mol. The summed E-state index contributed by atoms with van der Waals surface area (Å²) in [6.07, 6.45) is 3.10. The largest absolute Gasteiger partial charge is 0.339 e. The van der Waals surface area contributed by atoms with Crippen LogP contribution in [0, 0.1) is 0 Å². The Morgan fingerprint density at radius 3 is 2.91 bits per heavy atom. The molecular formula is C16H18N4O2. The first kappa shape index (κ1) is 13.5. The first-order chi connectivity index (χ1) is 10.7. The lowest BCUT2D eigenvalue weighted by molar-refractivity contribution is 0.0791. The Kier molecular flexibility index (Phi) is 3.18. The van der Waals surface area contributed by atoms with Crippen molar-refractivity contribution in [2.45, 2.75) is 31.2 Å². The third-order valence-corrected chi connectivity index (χ3v) is 4.25. The van der Waals surface area contributed by atoms with E-state index in [1.54, 1.807) is 4.90 Å². The van der Waals surface area contributed by atoms with Gasteiger partial charge in [0.1, 0.15) is 0 Å². The maximum absolute atomic E-state index is 12.5. The maximum atomic E-state index is 12.5. The second kappa shape index (κ2) is 5.21. The van der Waals surface area contributed by atoms with E-state index in [1.165, 1.54) is 0 Å². The van der Waals surface area contributed by atoms with E-state index < -0.39 is 0 Å². The predicted octanol–water partition coefficient (Wildman–Crippen LogP) is 1.79. The van der Waals surface area contributed by atoms with E-state index in [0.29, 0.717) is 29.7 Å². The molecule has 6 heteroatoms. The zero-order valence-electron chi connectivity index (χ0n) is 12.2. The Balaban J connectivity index is 1.58.